The number of carbonyl (C=O) groups is 1. The molecule has 1 saturated carbocycles. The van der Waals surface area contributed by atoms with Crippen molar-refractivity contribution in [2.24, 2.45) is 0 Å². The van der Waals surface area contributed by atoms with Crippen LogP contribution in [-0.4, -0.2) is 10.5 Å². The van der Waals surface area contributed by atoms with E-state index in [0.717, 1.165) is 32.1 Å². The predicted molar refractivity (Wildman–Crippen MR) is 64.2 cm³/mol. The fraction of sp³-hybridized carbons (Fsp3) is 0.500. The van der Waals surface area contributed by atoms with Gasteiger partial charge in [0.15, 0.2) is 0 Å². The van der Waals surface area contributed by atoms with E-state index in [2.05, 4.69) is 5.32 Å². The molecule has 4 nitrogen and oxygen atoms in total. The van der Waals surface area contributed by atoms with E-state index in [1.165, 1.54) is 6.07 Å². The van der Waals surface area contributed by atoms with E-state index < -0.39 is 5.66 Å². The van der Waals surface area contributed by atoms with E-state index in [9.17, 15) is 9.59 Å². The molecule has 0 atom stereocenters. The minimum atomic E-state index is -0.521. The topological polar surface area (TPSA) is 51.1 Å². The van der Waals surface area contributed by atoms with Gasteiger partial charge in [0.2, 0.25) is 0 Å². The van der Waals surface area contributed by atoms with Gasteiger partial charge in [-0.25, -0.2) is 0 Å². The van der Waals surface area contributed by atoms with Gasteiger partial charge in [0, 0.05) is 0 Å². The van der Waals surface area contributed by atoms with Crippen molar-refractivity contribution < 1.29 is 4.79 Å². The maximum atomic E-state index is 12.1. The number of nitrogens with zero attached hydrogens (tertiary/aromatic N) is 1. The van der Waals surface area contributed by atoms with Crippen LogP contribution >= 0.6 is 11.6 Å². The lowest BCUT2D eigenvalue weighted by molar-refractivity contribution is 0.0877. The van der Waals surface area contributed by atoms with E-state index in [1.807, 2.05) is 0 Å². The molecule has 0 bridgehead atoms. The molecule has 1 aliphatic heterocycles. The van der Waals surface area contributed by atoms with Crippen LogP contribution in [0.4, 0.5) is 0 Å². The summed E-state index contributed by atoms with van der Waals surface area (Å²) in [5.74, 6) is -0.166. The molecule has 1 amide bonds. The number of hydrogen-bond acceptors (Lipinski definition) is 2. The number of pyridine rings is 1. The molecule has 1 aliphatic carbocycles. The highest BCUT2D eigenvalue weighted by atomic mass is 35.5. The summed E-state index contributed by atoms with van der Waals surface area (Å²) >= 11 is 5.87. The molecule has 3 rings (SSSR count). The SMILES string of the molecule is O=C1NC2(CCCCC2)n2c1ccc(Cl)c2=O. The number of rotatable bonds is 0. The first-order valence-corrected chi connectivity index (χ1v) is 6.26. The summed E-state index contributed by atoms with van der Waals surface area (Å²) < 4.78 is 1.57. The molecule has 1 spiro atoms. The van der Waals surface area contributed by atoms with Gasteiger partial charge in [0.05, 0.1) is 0 Å². The molecule has 1 aromatic heterocycles. The average molecular weight is 253 g/mol. The van der Waals surface area contributed by atoms with Crippen molar-refractivity contribution in [1.29, 1.82) is 0 Å². The molecular formula is C12H13ClN2O2. The monoisotopic (exact) mass is 252 g/mol. The van der Waals surface area contributed by atoms with Gasteiger partial charge in [-0.15, -0.1) is 0 Å². The van der Waals surface area contributed by atoms with Gasteiger partial charge in [0.1, 0.15) is 16.4 Å². The lowest BCUT2D eigenvalue weighted by Crippen LogP contribution is -2.48. The Hall–Kier alpha value is -1.29. The summed E-state index contributed by atoms with van der Waals surface area (Å²) in [6, 6.07) is 3.12. The maximum Gasteiger partial charge on any atom is 0.271 e. The zero-order valence-corrected chi connectivity index (χ0v) is 10.1. The van der Waals surface area contributed by atoms with Gasteiger partial charge >= 0.3 is 0 Å². The van der Waals surface area contributed by atoms with Crippen LogP contribution in [0.25, 0.3) is 0 Å². The molecule has 0 saturated heterocycles. The van der Waals surface area contributed by atoms with Gasteiger partial charge < -0.3 is 5.32 Å². The Morgan fingerprint density at radius 2 is 1.88 bits per heavy atom. The second-order valence-electron chi connectivity index (χ2n) is 4.75. The number of amides is 1. The summed E-state index contributed by atoms with van der Waals surface area (Å²) in [5, 5.41) is 3.14. The molecule has 17 heavy (non-hydrogen) atoms. The smallest absolute Gasteiger partial charge is 0.271 e. The Labute approximate surface area is 104 Å². The number of carbonyl (C=O) groups excluding carboxylic acids is 1. The summed E-state index contributed by atoms with van der Waals surface area (Å²) in [6.45, 7) is 0. The zero-order chi connectivity index (χ0) is 12.0. The van der Waals surface area contributed by atoms with Crippen molar-refractivity contribution in [1.82, 2.24) is 9.88 Å². The Kier molecular flexibility index (Phi) is 2.30. The summed E-state index contributed by atoms with van der Waals surface area (Å²) in [4.78, 5) is 24.0. The zero-order valence-electron chi connectivity index (χ0n) is 9.33. The van der Waals surface area contributed by atoms with Crippen LogP contribution < -0.4 is 10.9 Å². The summed E-state index contributed by atoms with van der Waals surface area (Å²) in [6.07, 6.45) is 4.83. The van der Waals surface area contributed by atoms with E-state index in [0.29, 0.717) is 5.69 Å². The van der Waals surface area contributed by atoms with Crippen LogP contribution in [-0.2, 0) is 5.66 Å². The summed E-state index contributed by atoms with van der Waals surface area (Å²) in [7, 11) is 0. The number of hydrogen-bond donors (Lipinski definition) is 1. The molecular weight excluding hydrogens is 240 g/mol. The number of halogens is 1. The van der Waals surface area contributed by atoms with Crippen molar-refractivity contribution in [3.8, 4) is 0 Å². The minimum absolute atomic E-state index is 0.166. The largest absolute Gasteiger partial charge is 0.327 e. The second-order valence-corrected chi connectivity index (χ2v) is 5.16. The highest BCUT2D eigenvalue weighted by molar-refractivity contribution is 6.30. The van der Waals surface area contributed by atoms with Gasteiger partial charge in [0.25, 0.3) is 11.5 Å². The minimum Gasteiger partial charge on any atom is -0.327 e. The quantitative estimate of drug-likeness (QED) is 0.766. The molecule has 90 valence electrons. The van der Waals surface area contributed by atoms with E-state index in [-0.39, 0.29) is 16.5 Å². The molecule has 0 unspecified atom stereocenters. The van der Waals surface area contributed by atoms with Crippen LogP contribution in [0.2, 0.25) is 5.02 Å². The third-order valence-corrected chi connectivity index (χ3v) is 4.01. The highest BCUT2D eigenvalue weighted by Gasteiger charge is 2.44. The molecule has 1 N–H and O–H groups in total. The fourth-order valence-corrected chi connectivity index (χ4v) is 3.08. The van der Waals surface area contributed by atoms with E-state index >= 15 is 0 Å². The van der Waals surface area contributed by atoms with E-state index in [1.54, 1.807) is 10.6 Å². The number of fused-ring (bicyclic) bond motifs is 2. The molecule has 5 heteroatoms. The molecule has 1 aromatic rings. The number of aromatic nitrogens is 1. The van der Waals surface area contributed by atoms with Crippen molar-refractivity contribution in [3.63, 3.8) is 0 Å². The Morgan fingerprint density at radius 3 is 2.59 bits per heavy atom. The Morgan fingerprint density at radius 1 is 1.18 bits per heavy atom. The van der Waals surface area contributed by atoms with Crippen LogP contribution in [0.3, 0.4) is 0 Å². The Balaban J connectivity index is 2.23. The third kappa shape index (κ3) is 1.43. The lowest BCUT2D eigenvalue weighted by Gasteiger charge is -2.35. The van der Waals surface area contributed by atoms with Crippen molar-refractivity contribution in [2.45, 2.75) is 37.8 Å². The van der Waals surface area contributed by atoms with Gasteiger partial charge in [-0.05, 0) is 37.8 Å². The van der Waals surface area contributed by atoms with Crippen LogP contribution in [0.15, 0.2) is 16.9 Å². The van der Waals surface area contributed by atoms with Crippen LogP contribution in [0.1, 0.15) is 42.6 Å². The average Bonchev–Trinajstić information content (AvgIpc) is 2.58. The number of nitrogens with one attached hydrogen (secondary N) is 1. The van der Waals surface area contributed by atoms with Crippen molar-refractivity contribution >= 4 is 17.5 Å². The van der Waals surface area contributed by atoms with Gasteiger partial charge in [-0.3, -0.25) is 14.2 Å². The van der Waals surface area contributed by atoms with E-state index in [4.69, 9.17) is 11.6 Å². The first kappa shape index (κ1) is 10.8. The van der Waals surface area contributed by atoms with Crippen molar-refractivity contribution in [3.05, 3.63) is 33.2 Å². The highest BCUT2D eigenvalue weighted by Crippen LogP contribution is 2.36. The molecule has 0 radical (unpaired) electrons. The summed E-state index contributed by atoms with van der Waals surface area (Å²) in [5.41, 5.74) is -0.349. The van der Waals surface area contributed by atoms with Gasteiger partial charge in [-0.1, -0.05) is 18.0 Å². The van der Waals surface area contributed by atoms with Crippen molar-refractivity contribution in [2.75, 3.05) is 0 Å². The van der Waals surface area contributed by atoms with Crippen LogP contribution in [0, 0.1) is 0 Å². The second kappa shape index (κ2) is 3.60. The third-order valence-electron chi connectivity index (χ3n) is 3.72. The van der Waals surface area contributed by atoms with Crippen LogP contribution in [0.5, 0.6) is 0 Å². The molecule has 1 fully saturated rings. The lowest BCUT2D eigenvalue weighted by atomic mass is 9.89. The molecule has 2 aliphatic rings. The standard InChI is InChI=1S/C12H13ClN2O2/c13-8-4-5-9-10(16)14-12(15(9)11(8)17)6-2-1-3-7-12/h4-5H,1-3,6-7H2,(H,14,16). The normalized spacial score (nSPS) is 21.4. The first-order chi connectivity index (χ1) is 8.14. The maximum absolute atomic E-state index is 12.1. The molecule has 2 heterocycles. The van der Waals surface area contributed by atoms with Gasteiger partial charge in [-0.2, -0.15) is 0 Å². The predicted octanol–water partition coefficient (Wildman–Crippen LogP) is 1.86. The first-order valence-electron chi connectivity index (χ1n) is 5.89. The molecule has 0 aromatic carbocycles. The Bertz CT molecular complexity index is 544. The fourth-order valence-electron chi connectivity index (χ4n) is 2.93.